The van der Waals surface area contributed by atoms with E-state index in [1.165, 1.54) is 12.1 Å². The summed E-state index contributed by atoms with van der Waals surface area (Å²) in [4.78, 5) is 22.9. The fraction of sp³-hybridized carbons (Fsp3) is 0.158. The van der Waals surface area contributed by atoms with Crippen LogP contribution in [-0.2, 0) is 11.4 Å². The van der Waals surface area contributed by atoms with Crippen LogP contribution >= 0.6 is 22.6 Å². The number of carbonyl (C=O) groups is 2. The van der Waals surface area contributed by atoms with E-state index in [-0.39, 0.29) is 18.1 Å². The summed E-state index contributed by atoms with van der Waals surface area (Å²) >= 11 is 2.10. The molecule has 3 amide bonds. The molecule has 1 fully saturated rings. The number of imide groups is 1. The second-order valence-electron chi connectivity index (χ2n) is 5.65. The summed E-state index contributed by atoms with van der Waals surface area (Å²) in [5.74, 6) is 0.218. The highest BCUT2D eigenvalue weighted by atomic mass is 127. The predicted octanol–water partition coefficient (Wildman–Crippen LogP) is 3.59. The summed E-state index contributed by atoms with van der Waals surface area (Å²) in [6, 6.07) is 9.15. The molecule has 6 nitrogen and oxygen atoms in total. The molecular weight excluding hydrogens is 466 g/mol. The SMILES string of the molecule is CCOc1cc(/C=C2/NC(=O)NC2=O)cc(I)c1OCc1cccc(F)c1. The third-order valence-electron chi connectivity index (χ3n) is 3.63. The van der Waals surface area contributed by atoms with Crippen LogP contribution in [0.2, 0.25) is 0 Å². The van der Waals surface area contributed by atoms with E-state index in [4.69, 9.17) is 9.47 Å². The lowest BCUT2D eigenvalue weighted by Gasteiger charge is -2.15. The Bertz CT molecular complexity index is 930. The molecule has 0 atom stereocenters. The van der Waals surface area contributed by atoms with Crippen molar-refractivity contribution in [1.82, 2.24) is 10.6 Å². The highest BCUT2D eigenvalue weighted by Gasteiger charge is 2.23. The minimum atomic E-state index is -0.555. The standard InChI is InChI=1S/C19H16FIN2O4/c1-2-26-16-9-12(8-15-18(24)23-19(25)22-15)7-14(21)17(16)27-10-11-4-3-5-13(20)6-11/h3-9H,2,10H2,1H3,(H2,22,23,24,25)/b15-8+. The summed E-state index contributed by atoms with van der Waals surface area (Å²) in [5, 5.41) is 4.59. The van der Waals surface area contributed by atoms with E-state index in [1.807, 2.05) is 6.92 Å². The Hall–Kier alpha value is -2.62. The van der Waals surface area contributed by atoms with Gasteiger partial charge in [0, 0.05) is 0 Å². The Morgan fingerprint density at radius 2 is 1.96 bits per heavy atom. The van der Waals surface area contributed by atoms with Crippen molar-refractivity contribution in [1.29, 1.82) is 0 Å². The van der Waals surface area contributed by atoms with Crippen molar-refractivity contribution < 1.29 is 23.5 Å². The molecule has 1 aliphatic rings. The molecule has 3 rings (SSSR count). The average Bonchev–Trinajstić information content (AvgIpc) is 2.91. The molecule has 27 heavy (non-hydrogen) atoms. The average molecular weight is 482 g/mol. The maximum absolute atomic E-state index is 13.3. The molecular formula is C19H16FIN2O4. The minimum Gasteiger partial charge on any atom is -0.490 e. The molecule has 8 heteroatoms. The van der Waals surface area contributed by atoms with Crippen molar-refractivity contribution in [2.75, 3.05) is 6.61 Å². The van der Waals surface area contributed by atoms with Gasteiger partial charge in [0.25, 0.3) is 5.91 Å². The van der Waals surface area contributed by atoms with Crippen LogP contribution in [0.3, 0.4) is 0 Å². The lowest BCUT2D eigenvalue weighted by atomic mass is 10.1. The molecule has 2 aromatic carbocycles. The summed E-state index contributed by atoms with van der Waals surface area (Å²) in [6.45, 7) is 2.45. The van der Waals surface area contributed by atoms with Crippen LogP contribution in [0, 0.1) is 9.39 Å². The maximum Gasteiger partial charge on any atom is 0.326 e. The van der Waals surface area contributed by atoms with Crippen LogP contribution < -0.4 is 20.1 Å². The summed E-state index contributed by atoms with van der Waals surface area (Å²) in [5.41, 5.74) is 1.53. The van der Waals surface area contributed by atoms with Crippen LogP contribution in [0.1, 0.15) is 18.1 Å². The number of amides is 3. The van der Waals surface area contributed by atoms with Crippen LogP contribution in [-0.4, -0.2) is 18.5 Å². The van der Waals surface area contributed by atoms with E-state index in [9.17, 15) is 14.0 Å². The second kappa shape index (κ2) is 8.38. The first-order valence-corrected chi connectivity index (χ1v) is 9.21. The summed E-state index contributed by atoms with van der Waals surface area (Å²) in [6.07, 6.45) is 1.56. The van der Waals surface area contributed by atoms with E-state index in [2.05, 4.69) is 33.2 Å². The fourth-order valence-electron chi connectivity index (χ4n) is 2.51. The van der Waals surface area contributed by atoms with Gasteiger partial charge < -0.3 is 14.8 Å². The van der Waals surface area contributed by atoms with Crippen LogP contribution in [0.5, 0.6) is 11.5 Å². The molecule has 0 radical (unpaired) electrons. The monoisotopic (exact) mass is 482 g/mol. The number of urea groups is 1. The Kier molecular flexibility index (Phi) is 5.94. The van der Waals surface area contributed by atoms with Gasteiger partial charge in [-0.15, -0.1) is 0 Å². The molecule has 2 aromatic rings. The predicted molar refractivity (Wildman–Crippen MR) is 106 cm³/mol. The van der Waals surface area contributed by atoms with Gasteiger partial charge in [0.1, 0.15) is 18.1 Å². The molecule has 140 valence electrons. The van der Waals surface area contributed by atoms with Crippen LogP contribution in [0.25, 0.3) is 6.08 Å². The van der Waals surface area contributed by atoms with Gasteiger partial charge in [-0.25, -0.2) is 9.18 Å². The highest BCUT2D eigenvalue weighted by molar-refractivity contribution is 14.1. The molecule has 1 saturated heterocycles. The van der Waals surface area contributed by atoms with Crippen molar-refractivity contribution >= 4 is 40.6 Å². The normalized spacial score (nSPS) is 14.9. The molecule has 0 unspecified atom stereocenters. The smallest absolute Gasteiger partial charge is 0.326 e. The van der Waals surface area contributed by atoms with Crippen molar-refractivity contribution in [3.8, 4) is 11.5 Å². The molecule has 0 saturated carbocycles. The van der Waals surface area contributed by atoms with Gasteiger partial charge in [-0.2, -0.15) is 0 Å². The Labute approximate surface area is 168 Å². The fourth-order valence-corrected chi connectivity index (χ4v) is 3.29. The van der Waals surface area contributed by atoms with Crippen molar-refractivity contribution in [2.24, 2.45) is 0 Å². The summed E-state index contributed by atoms with van der Waals surface area (Å²) < 4.78 is 25.6. The molecule has 0 aromatic heterocycles. The molecule has 0 spiro atoms. The number of hydrogen-bond acceptors (Lipinski definition) is 4. The Morgan fingerprint density at radius 1 is 1.15 bits per heavy atom. The molecule has 1 aliphatic heterocycles. The molecule has 0 bridgehead atoms. The van der Waals surface area contributed by atoms with E-state index >= 15 is 0 Å². The number of ether oxygens (including phenoxy) is 2. The lowest BCUT2D eigenvalue weighted by Crippen LogP contribution is -2.22. The van der Waals surface area contributed by atoms with Gasteiger partial charge in [-0.3, -0.25) is 10.1 Å². The van der Waals surface area contributed by atoms with E-state index in [0.29, 0.717) is 29.2 Å². The quantitative estimate of drug-likeness (QED) is 0.375. The number of nitrogens with one attached hydrogen (secondary N) is 2. The van der Waals surface area contributed by atoms with E-state index < -0.39 is 11.9 Å². The van der Waals surface area contributed by atoms with E-state index in [1.54, 1.807) is 30.3 Å². The van der Waals surface area contributed by atoms with Gasteiger partial charge in [0.15, 0.2) is 11.5 Å². The Morgan fingerprint density at radius 3 is 2.63 bits per heavy atom. The zero-order valence-corrected chi connectivity index (χ0v) is 16.5. The Balaban J connectivity index is 1.87. The maximum atomic E-state index is 13.3. The van der Waals surface area contributed by atoms with Gasteiger partial charge in [-0.05, 0) is 71.0 Å². The number of halogens is 2. The van der Waals surface area contributed by atoms with Gasteiger partial charge in [0.05, 0.1) is 10.2 Å². The second-order valence-corrected chi connectivity index (χ2v) is 6.81. The van der Waals surface area contributed by atoms with Crippen molar-refractivity contribution in [3.63, 3.8) is 0 Å². The van der Waals surface area contributed by atoms with Gasteiger partial charge >= 0.3 is 6.03 Å². The zero-order valence-electron chi connectivity index (χ0n) is 14.3. The summed E-state index contributed by atoms with van der Waals surface area (Å²) in [7, 11) is 0. The number of hydrogen-bond donors (Lipinski definition) is 2. The topological polar surface area (TPSA) is 76.7 Å². The van der Waals surface area contributed by atoms with Crippen molar-refractivity contribution in [3.05, 3.63) is 62.6 Å². The third kappa shape index (κ3) is 4.76. The van der Waals surface area contributed by atoms with Crippen molar-refractivity contribution in [2.45, 2.75) is 13.5 Å². The third-order valence-corrected chi connectivity index (χ3v) is 4.44. The minimum absolute atomic E-state index is 0.159. The van der Waals surface area contributed by atoms with Crippen LogP contribution in [0.4, 0.5) is 9.18 Å². The first kappa shape index (κ1) is 19.2. The molecule has 0 aliphatic carbocycles. The van der Waals surface area contributed by atoms with Gasteiger partial charge in [-0.1, -0.05) is 12.1 Å². The number of rotatable bonds is 6. The first-order valence-electron chi connectivity index (χ1n) is 8.14. The molecule has 1 heterocycles. The lowest BCUT2D eigenvalue weighted by molar-refractivity contribution is -0.115. The van der Waals surface area contributed by atoms with Gasteiger partial charge in [0.2, 0.25) is 0 Å². The number of carbonyl (C=O) groups excluding carboxylic acids is 2. The zero-order chi connectivity index (χ0) is 19.4. The first-order chi connectivity index (χ1) is 13.0. The van der Waals surface area contributed by atoms with E-state index in [0.717, 1.165) is 3.57 Å². The largest absolute Gasteiger partial charge is 0.490 e. The highest BCUT2D eigenvalue weighted by Crippen LogP contribution is 2.35. The van der Waals surface area contributed by atoms with Crippen LogP contribution in [0.15, 0.2) is 42.1 Å². The number of benzene rings is 2. The molecule has 2 N–H and O–H groups in total.